The van der Waals surface area contributed by atoms with Crippen LogP contribution in [-0.4, -0.2) is 5.11 Å². The predicted molar refractivity (Wildman–Crippen MR) is 30.4 cm³/mol. The van der Waals surface area contributed by atoms with Crippen LogP contribution in [0.4, 0.5) is 5.00 Å². The van der Waals surface area contributed by atoms with Crippen LogP contribution in [0.1, 0.15) is 0 Å². The van der Waals surface area contributed by atoms with Crippen LogP contribution in [0.2, 0.25) is 0 Å². The van der Waals surface area contributed by atoms with Crippen molar-refractivity contribution in [2.75, 3.05) is 5.73 Å². The van der Waals surface area contributed by atoms with Gasteiger partial charge in [-0.15, -0.1) is 0 Å². The first-order valence-corrected chi connectivity index (χ1v) is 2.65. The van der Waals surface area contributed by atoms with Gasteiger partial charge in [0.05, 0.1) is 5.00 Å². The molecule has 1 aromatic heterocycles. The van der Waals surface area contributed by atoms with Crippen LogP contribution >= 0.6 is 11.3 Å². The monoisotopic (exact) mass is 115 g/mol. The largest absolute Gasteiger partial charge is 0.499 e. The molecule has 0 spiro atoms. The van der Waals surface area contributed by atoms with Crippen molar-refractivity contribution in [2.24, 2.45) is 0 Å². The smallest absolute Gasteiger partial charge is 0.173 e. The Hall–Kier alpha value is -0.700. The molecule has 0 bridgehead atoms. The van der Waals surface area contributed by atoms with Gasteiger partial charge in [0.25, 0.3) is 0 Å². The van der Waals surface area contributed by atoms with Crippen LogP contribution in [0.15, 0.2) is 12.1 Å². The van der Waals surface area contributed by atoms with Gasteiger partial charge in [-0.2, -0.15) is 0 Å². The second kappa shape index (κ2) is 1.42. The van der Waals surface area contributed by atoms with Gasteiger partial charge in [0, 0.05) is 0 Å². The Labute approximate surface area is 45.2 Å². The first-order valence-electron chi connectivity index (χ1n) is 1.83. The van der Waals surface area contributed by atoms with Crippen molar-refractivity contribution in [1.29, 1.82) is 0 Å². The molecular formula is C4H5NOS. The Kier molecular flexibility index (Phi) is 0.906. The van der Waals surface area contributed by atoms with E-state index in [0.29, 0.717) is 5.00 Å². The number of nitrogens with two attached hydrogens (primary N) is 1. The summed E-state index contributed by atoms with van der Waals surface area (Å²) in [7, 11) is 0. The second-order valence-electron chi connectivity index (χ2n) is 1.18. The van der Waals surface area contributed by atoms with Gasteiger partial charge < -0.3 is 10.8 Å². The molecule has 7 heavy (non-hydrogen) atoms. The van der Waals surface area contributed by atoms with Crippen molar-refractivity contribution in [3.05, 3.63) is 12.1 Å². The average molecular weight is 115 g/mol. The fourth-order valence-electron chi connectivity index (χ4n) is 0.342. The zero-order valence-corrected chi connectivity index (χ0v) is 4.40. The molecule has 0 atom stereocenters. The van der Waals surface area contributed by atoms with E-state index < -0.39 is 0 Å². The number of thiophene rings is 1. The maximum Gasteiger partial charge on any atom is 0.173 e. The van der Waals surface area contributed by atoms with E-state index in [1.807, 2.05) is 0 Å². The highest BCUT2D eigenvalue weighted by molar-refractivity contribution is 7.17. The lowest BCUT2D eigenvalue weighted by atomic mass is 10.6. The molecule has 0 aliphatic carbocycles. The third kappa shape index (κ3) is 0.838. The van der Waals surface area contributed by atoms with Gasteiger partial charge in [0.2, 0.25) is 0 Å². The number of hydrogen-bond donors (Lipinski definition) is 2. The summed E-state index contributed by atoms with van der Waals surface area (Å²) in [6.07, 6.45) is 0. The van der Waals surface area contributed by atoms with Crippen molar-refractivity contribution in [3.8, 4) is 5.06 Å². The lowest BCUT2D eigenvalue weighted by Gasteiger charge is -1.73. The molecule has 0 saturated carbocycles. The highest BCUT2D eigenvalue weighted by atomic mass is 32.1. The van der Waals surface area contributed by atoms with Gasteiger partial charge in [0.1, 0.15) is 0 Å². The molecular weight excluding hydrogens is 110 g/mol. The van der Waals surface area contributed by atoms with Crippen LogP contribution in [-0.2, 0) is 0 Å². The van der Waals surface area contributed by atoms with Crippen molar-refractivity contribution in [3.63, 3.8) is 0 Å². The van der Waals surface area contributed by atoms with Crippen molar-refractivity contribution in [2.45, 2.75) is 0 Å². The summed E-state index contributed by atoms with van der Waals surface area (Å²) < 4.78 is 0. The minimum absolute atomic E-state index is 0.275. The molecule has 3 heteroatoms. The molecule has 1 aromatic rings. The van der Waals surface area contributed by atoms with E-state index in [2.05, 4.69) is 0 Å². The van der Waals surface area contributed by atoms with E-state index in [-0.39, 0.29) is 5.06 Å². The Morgan fingerprint density at radius 2 is 2.29 bits per heavy atom. The summed E-state index contributed by atoms with van der Waals surface area (Å²) in [5.74, 6) is 0. The van der Waals surface area contributed by atoms with E-state index in [4.69, 9.17) is 10.8 Å². The molecule has 0 aromatic carbocycles. The Morgan fingerprint density at radius 1 is 1.57 bits per heavy atom. The molecule has 0 saturated heterocycles. The molecule has 0 aliphatic heterocycles. The number of aromatic hydroxyl groups is 1. The topological polar surface area (TPSA) is 46.2 Å². The molecule has 3 N–H and O–H groups in total. The van der Waals surface area contributed by atoms with Crippen LogP contribution in [0.25, 0.3) is 0 Å². The molecule has 0 amide bonds. The summed E-state index contributed by atoms with van der Waals surface area (Å²) in [5, 5.41) is 9.52. The van der Waals surface area contributed by atoms with Crippen LogP contribution in [0.3, 0.4) is 0 Å². The molecule has 2 nitrogen and oxygen atoms in total. The van der Waals surface area contributed by atoms with Gasteiger partial charge >= 0.3 is 0 Å². The lowest BCUT2D eigenvalue weighted by molar-refractivity contribution is 0.491. The first kappa shape index (κ1) is 4.46. The molecule has 0 radical (unpaired) electrons. The van der Waals surface area contributed by atoms with Crippen LogP contribution < -0.4 is 5.73 Å². The zero-order valence-electron chi connectivity index (χ0n) is 3.59. The lowest BCUT2D eigenvalue weighted by Crippen LogP contribution is -1.72. The summed E-state index contributed by atoms with van der Waals surface area (Å²) in [4.78, 5) is 0. The summed E-state index contributed by atoms with van der Waals surface area (Å²) in [6, 6.07) is 3.24. The normalized spacial score (nSPS) is 9.14. The summed E-state index contributed by atoms with van der Waals surface area (Å²) >= 11 is 1.18. The van der Waals surface area contributed by atoms with E-state index in [1.165, 1.54) is 11.3 Å². The number of anilines is 1. The molecule has 1 heterocycles. The highest BCUT2D eigenvalue weighted by Gasteiger charge is 1.87. The van der Waals surface area contributed by atoms with Crippen LogP contribution in [0, 0.1) is 0 Å². The molecule has 38 valence electrons. The fraction of sp³-hybridized carbons (Fsp3) is 0. The minimum Gasteiger partial charge on any atom is -0.499 e. The fourth-order valence-corrected chi connectivity index (χ4v) is 0.856. The predicted octanol–water partition coefficient (Wildman–Crippen LogP) is 1.04. The van der Waals surface area contributed by atoms with E-state index in [1.54, 1.807) is 12.1 Å². The molecule has 1 rings (SSSR count). The third-order valence-corrected chi connectivity index (χ3v) is 1.33. The van der Waals surface area contributed by atoms with E-state index in [0.717, 1.165) is 0 Å². The van der Waals surface area contributed by atoms with Gasteiger partial charge in [-0.3, -0.25) is 0 Å². The number of hydrogen-bond acceptors (Lipinski definition) is 3. The van der Waals surface area contributed by atoms with Crippen molar-refractivity contribution >= 4 is 16.3 Å². The Morgan fingerprint density at radius 3 is 2.43 bits per heavy atom. The maximum atomic E-state index is 8.59. The quantitative estimate of drug-likeness (QED) is 0.530. The number of nitrogen functional groups attached to an aromatic ring is 1. The van der Waals surface area contributed by atoms with Crippen LogP contribution in [0.5, 0.6) is 5.06 Å². The standard InChI is InChI=1S/C4H5NOS/c5-3-1-2-4(6)7-3/h1-2,6H,5H2. The first-order chi connectivity index (χ1) is 3.29. The summed E-state index contributed by atoms with van der Waals surface area (Å²) in [5.41, 5.74) is 5.24. The molecule has 0 aliphatic rings. The Bertz CT molecular complexity index is 144. The van der Waals surface area contributed by atoms with E-state index in [9.17, 15) is 0 Å². The van der Waals surface area contributed by atoms with Gasteiger partial charge in [-0.25, -0.2) is 0 Å². The molecule has 0 unspecified atom stereocenters. The SMILES string of the molecule is Nc1ccc(O)s1. The van der Waals surface area contributed by atoms with Gasteiger partial charge in [-0.05, 0) is 12.1 Å². The van der Waals surface area contributed by atoms with Gasteiger partial charge in [0.15, 0.2) is 5.06 Å². The third-order valence-electron chi connectivity index (χ3n) is 0.613. The second-order valence-corrected chi connectivity index (χ2v) is 2.27. The zero-order chi connectivity index (χ0) is 5.28. The number of rotatable bonds is 0. The van der Waals surface area contributed by atoms with Crippen molar-refractivity contribution in [1.82, 2.24) is 0 Å². The maximum absolute atomic E-state index is 8.59. The van der Waals surface area contributed by atoms with Crippen molar-refractivity contribution < 1.29 is 5.11 Å². The highest BCUT2D eigenvalue weighted by Crippen LogP contribution is 2.23. The molecule has 0 fully saturated rings. The van der Waals surface area contributed by atoms with Gasteiger partial charge in [-0.1, -0.05) is 11.3 Å². The average Bonchev–Trinajstić information content (AvgIpc) is 1.87. The Balaban J connectivity index is 3.04. The minimum atomic E-state index is 0.275. The summed E-state index contributed by atoms with van der Waals surface area (Å²) in [6.45, 7) is 0. The van der Waals surface area contributed by atoms with E-state index >= 15 is 0 Å².